The zero-order valence-corrected chi connectivity index (χ0v) is 19.4. The van der Waals surface area contributed by atoms with E-state index in [0.29, 0.717) is 6.61 Å². The first-order chi connectivity index (χ1) is 13.5. The van der Waals surface area contributed by atoms with Crippen molar-refractivity contribution in [1.82, 2.24) is 0 Å². The maximum Gasteiger partial charge on any atom is 0.0721 e. The van der Waals surface area contributed by atoms with Crippen molar-refractivity contribution >= 4 is 0 Å². The lowest BCUT2D eigenvalue weighted by atomic mass is 9.91. The smallest absolute Gasteiger partial charge is 0.0721 e. The summed E-state index contributed by atoms with van der Waals surface area (Å²) in [7, 11) is 0. The van der Waals surface area contributed by atoms with Gasteiger partial charge < -0.3 is 4.74 Å². The van der Waals surface area contributed by atoms with E-state index in [9.17, 15) is 0 Å². The van der Waals surface area contributed by atoms with Crippen LogP contribution in [0, 0.1) is 17.8 Å². The van der Waals surface area contributed by atoms with Crippen molar-refractivity contribution in [3.05, 3.63) is 47.5 Å². The third-order valence-electron chi connectivity index (χ3n) is 5.80. The first-order valence-electron chi connectivity index (χ1n) is 11.7. The van der Waals surface area contributed by atoms with Crippen molar-refractivity contribution in [2.75, 3.05) is 6.61 Å². The van der Waals surface area contributed by atoms with E-state index in [1.165, 1.54) is 68.9 Å². The molecule has 28 heavy (non-hydrogen) atoms. The Morgan fingerprint density at radius 3 is 2.00 bits per heavy atom. The molecule has 0 saturated heterocycles. The molecule has 0 fully saturated rings. The fourth-order valence-corrected chi connectivity index (χ4v) is 3.76. The molecule has 0 aliphatic heterocycles. The third-order valence-corrected chi connectivity index (χ3v) is 5.80. The molecule has 1 rings (SSSR count). The maximum absolute atomic E-state index is 5.76. The Labute approximate surface area is 176 Å². The molecule has 1 aromatic carbocycles. The van der Waals surface area contributed by atoms with Crippen LogP contribution in [0.4, 0.5) is 0 Å². The van der Waals surface area contributed by atoms with Gasteiger partial charge >= 0.3 is 0 Å². The normalized spacial score (nSPS) is 14.4. The Hall–Kier alpha value is -1.08. The van der Waals surface area contributed by atoms with Crippen LogP contribution in [0.1, 0.15) is 98.0 Å². The predicted octanol–water partition coefficient (Wildman–Crippen LogP) is 8.59. The van der Waals surface area contributed by atoms with E-state index in [0.717, 1.165) is 24.4 Å². The van der Waals surface area contributed by atoms with Gasteiger partial charge in [0.1, 0.15) is 0 Å². The summed E-state index contributed by atoms with van der Waals surface area (Å²) in [5, 5.41) is 0. The highest BCUT2D eigenvalue weighted by molar-refractivity contribution is 5.13. The van der Waals surface area contributed by atoms with E-state index in [1.54, 1.807) is 0 Å². The number of rotatable bonds is 16. The van der Waals surface area contributed by atoms with Crippen LogP contribution in [0.5, 0.6) is 0 Å². The molecular weight excluding hydrogens is 340 g/mol. The molecule has 0 bridgehead atoms. The summed E-state index contributed by atoms with van der Waals surface area (Å²) < 4.78 is 5.76. The first kappa shape index (κ1) is 25.0. The third kappa shape index (κ3) is 14.0. The summed E-state index contributed by atoms with van der Waals surface area (Å²) in [4.78, 5) is 0. The molecule has 2 atom stereocenters. The Morgan fingerprint density at radius 2 is 1.39 bits per heavy atom. The van der Waals surface area contributed by atoms with Gasteiger partial charge in [0, 0.05) is 0 Å². The zero-order chi connectivity index (χ0) is 20.6. The molecule has 0 aromatic heterocycles. The van der Waals surface area contributed by atoms with Gasteiger partial charge in [-0.1, -0.05) is 115 Å². The standard InChI is InChI=1S/C27H46O/c1-23(2)12-9-13-24(3)14-10-15-25(4)16-11-17-26(5)20-21-28-22-27-18-7-6-8-19-27/h6-8,18-20,23-25H,9-17,21-22H2,1-5H3/b26-20+/t24-,25-/m1/s1. The largest absolute Gasteiger partial charge is 0.373 e. The van der Waals surface area contributed by atoms with Gasteiger partial charge in [-0.3, -0.25) is 0 Å². The van der Waals surface area contributed by atoms with Gasteiger partial charge in [-0.15, -0.1) is 0 Å². The molecule has 0 spiro atoms. The van der Waals surface area contributed by atoms with E-state index < -0.39 is 0 Å². The lowest BCUT2D eigenvalue weighted by Gasteiger charge is -2.15. The fourth-order valence-electron chi connectivity index (χ4n) is 3.76. The first-order valence-corrected chi connectivity index (χ1v) is 11.7. The van der Waals surface area contributed by atoms with E-state index in [4.69, 9.17) is 4.74 Å². The van der Waals surface area contributed by atoms with Crippen molar-refractivity contribution in [3.63, 3.8) is 0 Å². The lowest BCUT2D eigenvalue weighted by Crippen LogP contribution is -2.00. The molecule has 0 unspecified atom stereocenters. The Morgan fingerprint density at radius 1 is 0.821 bits per heavy atom. The second kappa shape index (κ2) is 15.8. The van der Waals surface area contributed by atoms with Crippen LogP contribution in [0.3, 0.4) is 0 Å². The van der Waals surface area contributed by atoms with Gasteiger partial charge in [0.05, 0.1) is 13.2 Å². The van der Waals surface area contributed by atoms with Crippen molar-refractivity contribution in [1.29, 1.82) is 0 Å². The van der Waals surface area contributed by atoms with E-state index in [2.05, 4.69) is 65.0 Å². The number of allylic oxidation sites excluding steroid dienone is 1. The van der Waals surface area contributed by atoms with Gasteiger partial charge in [-0.05, 0) is 43.1 Å². The maximum atomic E-state index is 5.76. The Bertz CT molecular complexity index is 502. The zero-order valence-electron chi connectivity index (χ0n) is 19.4. The van der Waals surface area contributed by atoms with Crippen molar-refractivity contribution < 1.29 is 4.74 Å². The van der Waals surface area contributed by atoms with Gasteiger partial charge in [0.15, 0.2) is 0 Å². The minimum atomic E-state index is 0.706. The Kier molecular flexibility index (Phi) is 14.1. The topological polar surface area (TPSA) is 9.23 Å². The summed E-state index contributed by atoms with van der Waals surface area (Å²) in [5.74, 6) is 2.64. The van der Waals surface area contributed by atoms with E-state index in [1.807, 2.05) is 6.07 Å². The fraction of sp³-hybridized carbons (Fsp3) is 0.704. The Balaban J connectivity index is 2.01. The molecule has 160 valence electrons. The van der Waals surface area contributed by atoms with Crippen molar-refractivity contribution in [2.24, 2.45) is 17.8 Å². The number of hydrogen-bond acceptors (Lipinski definition) is 1. The van der Waals surface area contributed by atoms with E-state index in [-0.39, 0.29) is 0 Å². The summed E-state index contributed by atoms with van der Waals surface area (Å²) >= 11 is 0. The summed E-state index contributed by atoms with van der Waals surface area (Å²) in [5.41, 5.74) is 2.72. The molecular formula is C27H46O. The van der Waals surface area contributed by atoms with Gasteiger partial charge in [-0.2, -0.15) is 0 Å². The van der Waals surface area contributed by atoms with Crippen LogP contribution in [0.15, 0.2) is 42.0 Å². The highest BCUT2D eigenvalue weighted by atomic mass is 16.5. The van der Waals surface area contributed by atoms with Crippen LogP contribution in [0.2, 0.25) is 0 Å². The highest BCUT2D eigenvalue weighted by Gasteiger charge is 2.06. The van der Waals surface area contributed by atoms with E-state index >= 15 is 0 Å². The molecule has 0 heterocycles. The minimum absolute atomic E-state index is 0.706. The van der Waals surface area contributed by atoms with Crippen molar-refractivity contribution in [2.45, 2.75) is 99.0 Å². The number of hydrogen-bond donors (Lipinski definition) is 0. The molecule has 1 heteroatoms. The van der Waals surface area contributed by atoms with Gasteiger partial charge in [-0.25, -0.2) is 0 Å². The molecule has 0 aliphatic carbocycles. The average molecular weight is 387 g/mol. The van der Waals surface area contributed by atoms with Crippen LogP contribution in [-0.4, -0.2) is 6.61 Å². The quantitative estimate of drug-likeness (QED) is 0.204. The monoisotopic (exact) mass is 386 g/mol. The van der Waals surface area contributed by atoms with Crippen LogP contribution in [-0.2, 0) is 11.3 Å². The minimum Gasteiger partial charge on any atom is -0.373 e. The highest BCUT2D eigenvalue weighted by Crippen LogP contribution is 2.22. The molecule has 0 aliphatic rings. The van der Waals surface area contributed by atoms with Crippen molar-refractivity contribution in [3.8, 4) is 0 Å². The molecule has 0 radical (unpaired) electrons. The summed E-state index contributed by atoms with van der Waals surface area (Å²) in [6.45, 7) is 13.2. The predicted molar refractivity (Wildman–Crippen MR) is 125 cm³/mol. The average Bonchev–Trinajstić information content (AvgIpc) is 2.66. The van der Waals surface area contributed by atoms with Gasteiger partial charge in [0.2, 0.25) is 0 Å². The molecule has 1 aromatic rings. The SMILES string of the molecule is C/C(=C\COCc1ccccc1)CCC[C@H](C)CCC[C@H](C)CCCC(C)C. The van der Waals surface area contributed by atoms with Crippen LogP contribution in [0.25, 0.3) is 0 Å². The second-order valence-electron chi connectivity index (χ2n) is 9.41. The molecule has 1 nitrogen and oxygen atoms in total. The molecule has 0 N–H and O–H groups in total. The molecule has 0 saturated carbocycles. The number of ether oxygens (including phenoxy) is 1. The number of benzene rings is 1. The molecule has 0 amide bonds. The summed E-state index contributed by atoms with van der Waals surface area (Å²) in [6, 6.07) is 10.4. The summed E-state index contributed by atoms with van der Waals surface area (Å²) in [6.07, 6.45) is 14.6. The second-order valence-corrected chi connectivity index (χ2v) is 9.41. The van der Waals surface area contributed by atoms with Crippen LogP contribution < -0.4 is 0 Å². The van der Waals surface area contributed by atoms with Crippen LogP contribution >= 0.6 is 0 Å². The van der Waals surface area contributed by atoms with Gasteiger partial charge in [0.25, 0.3) is 0 Å². The lowest BCUT2D eigenvalue weighted by molar-refractivity contribution is 0.148.